The maximum atomic E-state index is 4.65. The summed E-state index contributed by atoms with van der Waals surface area (Å²) in [6.07, 6.45) is 8.53. The van der Waals surface area contributed by atoms with E-state index in [0.29, 0.717) is 17.5 Å². The summed E-state index contributed by atoms with van der Waals surface area (Å²) in [6, 6.07) is 3.33. The van der Waals surface area contributed by atoms with Crippen LogP contribution in [-0.4, -0.2) is 15.8 Å². The Bertz CT molecular complexity index is 384. The van der Waals surface area contributed by atoms with Crippen LogP contribution >= 0.6 is 0 Å². The van der Waals surface area contributed by atoms with Crippen molar-refractivity contribution in [3.8, 4) is 0 Å². The van der Waals surface area contributed by atoms with Crippen molar-refractivity contribution in [2.24, 2.45) is 5.41 Å². The number of rotatable bonds is 5. The smallest absolute Gasteiger partial charge is 0.0762 e. The van der Waals surface area contributed by atoms with Crippen molar-refractivity contribution in [3.63, 3.8) is 0 Å². The summed E-state index contributed by atoms with van der Waals surface area (Å²) in [5, 5.41) is 8.32. The molecule has 1 aliphatic rings. The Kier molecular flexibility index (Phi) is 4.67. The van der Waals surface area contributed by atoms with Crippen molar-refractivity contribution < 1.29 is 0 Å². The summed E-state index contributed by atoms with van der Waals surface area (Å²) >= 11 is 0. The Morgan fingerprint density at radius 2 is 2.11 bits per heavy atom. The SMILES string of the molecule is CCC(C)n1ccc(CNC2CCC(C)(C)CC2)n1. The van der Waals surface area contributed by atoms with Gasteiger partial charge in [-0.05, 0) is 50.5 Å². The van der Waals surface area contributed by atoms with Crippen LogP contribution in [0.15, 0.2) is 12.3 Å². The van der Waals surface area contributed by atoms with E-state index in [1.807, 2.05) is 0 Å². The third-order valence-corrected chi connectivity index (χ3v) is 4.62. The fourth-order valence-electron chi connectivity index (χ4n) is 2.76. The van der Waals surface area contributed by atoms with Crippen LogP contribution < -0.4 is 5.32 Å². The molecule has 0 spiro atoms. The zero-order chi connectivity index (χ0) is 13.9. The molecule has 0 saturated heterocycles. The monoisotopic (exact) mass is 263 g/mol. The van der Waals surface area contributed by atoms with Crippen LogP contribution in [0.4, 0.5) is 0 Å². The fraction of sp³-hybridized carbons (Fsp3) is 0.812. The Morgan fingerprint density at radius 3 is 2.74 bits per heavy atom. The highest BCUT2D eigenvalue weighted by Gasteiger charge is 2.26. The van der Waals surface area contributed by atoms with Gasteiger partial charge in [-0.2, -0.15) is 5.10 Å². The second-order valence-electron chi connectivity index (χ2n) is 6.86. The second-order valence-corrected chi connectivity index (χ2v) is 6.86. The highest BCUT2D eigenvalue weighted by molar-refractivity contribution is 5.00. The molecule has 1 aliphatic carbocycles. The first-order valence-corrected chi connectivity index (χ1v) is 7.77. The fourth-order valence-corrected chi connectivity index (χ4v) is 2.76. The summed E-state index contributed by atoms with van der Waals surface area (Å²) in [5.74, 6) is 0. The van der Waals surface area contributed by atoms with Crippen LogP contribution in [0.1, 0.15) is 71.5 Å². The topological polar surface area (TPSA) is 29.9 Å². The predicted molar refractivity (Wildman–Crippen MR) is 80.1 cm³/mol. The van der Waals surface area contributed by atoms with Gasteiger partial charge in [-0.25, -0.2) is 0 Å². The summed E-state index contributed by atoms with van der Waals surface area (Å²) in [4.78, 5) is 0. The van der Waals surface area contributed by atoms with Crippen molar-refractivity contribution in [1.29, 1.82) is 0 Å². The van der Waals surface area contributed by atoms with Crippen molar-refractivity contribution in [1.82, 2.24) is 15.1 Å². The molecule has 108 valence electrons. The van der Waals surface area contributed by atoms with Gasteiger partial charge in [-0.1, -0.05) is 20.8 Å². The lowest BCUT2D eigenvalue weighted by molar-refractivity contribution is 0.205. The molecule has 0 bridgehead atoms. The minimum atomic E-state index is 0.504. The lowest BCUT2D eigenvalue weighted by Crippen LogP contribution is -2.35. The van der Waals surface area contributed by atoms with Gasteiger partial charge in [0.1, 0.15) is 0 Å². The summed E-state index contributed by atoms with van der Waals surface area (Å²) < 4.78 is 2.08. The van der Waals surface area contributed by atoms with Gasteiger partial charge >= 0.3 is 0 Å². The minimum Gasteiger partial charge on any atom is -0.308 e. The van der Waals surface area contributed by atoms with E-state index < -0.39 is 0 Å². The van der Waals surface area contributed by atoms with Gasteiger partial charge in [0.25, 0.3) is 0 Å². The summed E-state index contributed by atoms with van der Waals surface area (Å²) in [7, 11) is 0. The maximum Gasteiger partial charge on any atom is 0.0762 e. The van der Waals surface area contributed by atoms with E-state index in [1.54, 1.807) is 0 Å². The predicted octanol–water partition coefficient (Wildman–Crippen LogP) is 3.91. The van der Waals surface area contributed by atoms with Crippen LogP contribution in [-0.2, 0) is 6.54 Å². The number of aromatic nitrogens is 2. The van der Waals surface area contributed by atoms with E-state index in [9.17, 15) is 0 Å². The lowest BCUT2D eigenvalue weighted by Gasteiger charge is -2.34. The van der Waals surface area contributed by atoms with Gasteiger partial charge in [-0.3, -0.25) is 4.68 Å². The summed E-state index contributed by atoms with van der Waals surface area (Å²) in [5.41, 5.74) is 1.72. The van der Waals surface area contributed by atoms with Crippen molar-refractivity contribution in [3.05, 3.63) is 18.0 Å². The molecule has 2 rings (SSSR count). The van der Waals surface area contributed by atoms with Gasteiger partial charge in [0.05, 0.1) is 5.69 Å². The molecule has 0 radical (unpaired) electrons. The highest BCUT2D eigenvalue weighted by Crippen LogP contribution is 2.35. The van der Waals surface area contributed by atoms with Crippen molar-refractivity contribution in [2.75, 3.05) is 0 Å². The standard InChI is InChI=1S/C16H29N3/c1-5-13(2)19-11-8-15(18-19)12-17-14-6-9-16(3,4)10-7-14/h8,11,13-14,17H,5-7,9-10,12H2,1-4H3. The van der Waals surface area contributed by atoms with Crippen molar-refractivity contribution >= 4 is 0 Å². The largest absolute Gasteiger partial charge is 0.308 e. The molecule has 3 nitrogen and oxygen atoms in total. The zero-order valence-electron chi connectivity index (χ0n) is 12.9. The quantitative estimate of drug-likeness (QED) is 0.873. The third-order valence-electron chi connectivity index (χ3n) is 4.62. The number of hydrogen-bond acceptors (Lipinski definition) is 2. The van der Waals surface area contributed by atoms with Crippen LogP contribution in [0.25, 0.3) is 0 Å². The Hall–Kier alpha value is -0.830. The molecule has 19 heavy (non-hydrogen) atoms. The first-order valence-electron chi connectivity index (χ1n) is 7.77. The normalized spacial score (nSPS) is 21.5. The molecule has 0 aliphatic heterocycles. The first-order chi connectivity index (χ1) is 9.00. The molecule has 1 saturated carbocycles. The van der Waals surface area contributed by atoms with E-state index in [4.69, 9.17) is 0 Å². The zero-order valence-corrected chi connectivity index (χ0v) is 12.9. The molecule has 0 aromatic carbocycles. The van der Waals surface area contributed by atoms with E-state index in [-0.39, 0.29) is 0 Å². The Balaban J connectivity index is 1.78. The van der Waals surface area contributed by atoms with Crippen LogP contribution in [0.2, 0.25) is 0 Å². The van der Waals surface area contributed by atoms with E-state index >= 15 is 0 Å². The summed E-state index contributed by atoms with van der Waals surface area (Å²) in [6.45, 7) is 10.1. The van der Waals surface area contributed by atoms with Crippen molar-refractivity contribution in [2.45, 2.75) is 78.4 Å². The minimum absolute atomic E-state index is 0.504. The van der Waals surface area contributed by atoms with Gasteiger partial charge in [0.15, 0.2) is 0 Å². The van der Waals surface area contributed by atoms with Gasteiger partial charge in [0, 0.05) is 24.8 Å². The maximum absolute atomic E-state index is 4.65. The van der Waals surface area contributed by atoms with Crippen LogP contribution in [0.5, 0.6) is 0 Å². The van der Waals surface area contributed by atoms with E-state index in [0.717, 1.165) is 13.0 Å². The Labute approximate surface area is 117 Å². The number of nitrogens with zero attached hydrogens (tertiary/aromatic N) is 2. The number of hydrogen-bond donors (Lipinski definition) is 1. The molecule has 1 fully saturated rings. The van der Waals surface area contributed by atoms with E-state index in [1.165, 1.54) is 31.4 Å². The second kappa shape index (κ2) is 6.08. The van der Waals surface area contributed by atoms with Gasteiger partial charge < -0.3 is 5.32 Å². The van der Waals surface area contributed by atoms with Crippen LogP contribution in [0.3, 0.4) is 0 Å². The molecule has 1 aromatic rings. The molecule has 1 atom stereocenters. The number of nitrogens with one attached hydrogen (secondary N) is 1. The molecule has 1 heterocycles. The molecule has 1 N–H and O–H groups in total. The Morgan fingerprint density at radius 1 is 1.42 bits per heavy atom. The molecule has 1 unspecified atom stereocenters. The molecule has 0 amide bonds. The van der Waals surface area contributed by atoms with E-state index in [2.05, 4.69) is 55.1 Å². The molecule has 1 aromatic heterocycles. The van der Waals surface area contributed by atoms with Gasteiger partial charge in [0.2, 0.25) is 0 Å². The molecular formula is C16H29N3. The average Bonchev–Trinajstić information content (AvgIpc) is 2.85. The lowest BCUT2D eigenvalue weighted by atomic mass is 9.75. The molecular weight excluding hydrogens is 234 g/mol. The molecule has 3 heteroatoms. The highest BCUT2D eigenvalue weighted by atomic mass is 15.3. The third kappa shape index (κ3) is 4.07. The first kappa shape index (κ1) is 14.6. The van der Waals surface area contributed by atoms with Crippen LogP contribution in [0, 0.1) is 5.41 Å². The average molecular weight is 263 g/mol. The van der Waals surface area contributed by atoms with Gasteiger partial charge in [-0.15, -0.1) is 0 Å².